The Hall–Kier alpha value is -0.430. The molecule has 15 heavy (non-hydrogen) atoms. The third kappa shape index (κ3) is 1.94. The van der Waals surface area contributed by atoms with Gasteiger partial charge in [0.15, 0.2) is 0 Å². The largest absolute Gasteiger partial charge is 0.284 e. The van der Waals surface area contributed by atoms with Gasteiger partial charge < -0.3 is 0 Å². The molecule has 0 bridgehead atoms. The lowest BCUT2D eigenvalue weighted by Crippen LogP contribution is -2.25. The molecule has 0 amide bonds. The van der Waals surface area contributed by atoms with Gasteiger partial charge in [-0.05, 0) is 31.9 Å². The second-order valence-corrected chi connectivity index (χ2v) is 6.83. The predicted octanol–water partition coefficient (Wildman–Crippen LogP) is 1.69. The Morgan fingerprint density at radius 1 is 1.47 bits per heavy atom. The standard InChI is InChI=1S/C9H13NO3S2/c1-7-6-9(14-8(7)2)15(11,12)10-4-3-5-13-10/h6H,3-5H2,1-2H3. The van der Waals surface area contributed by atoms with Crippen molar-refractivity contribution in [3.63, 3.8) is 0 Å². The lowest BCUT2D eigenvalue weighted by molar-refractivity contribution is -0.0282. The number of aryl methyl sites for hydroxylation is 2. The zero-order chi connectivity index (χ0) is 11.1. The summed E-state index contributed by atoms with van der Waals surface area (Å²) in [6.45, 7) is 4.78. The Morgan fingerprint density at radius 2 is 2.20 bits per heavy atom. The van der Waals surface area contributed by atoms with Gasteiger partial charge in [0.05, 0.1) is 6.61 Å². The number of hydroxylamine groups is 1. The monoisotopic (exact) mass is 247 g/mol. The number of thiophene rings is 1. The molecule has 0 atom stereocenters. The van der Waals surface area contributed by atoms with Crippen LogP contribution >= 0.6 is 11.3 Å². The van der Waals surface area contributed by atoms with Gasteiger partial charge in [0, 0.05) is 11.4 Å². The molecule has 6 heteroatoms. The molecular weight excluding hydrogens is 234 g/mol. The van der Waals surface area contributed by atoms with Gasteiger partial charge in [0.25, 0.3) is 10.0 Å². The van der Waals surface area contributed by atoms with Gasteiger partial charge in [-0.25, -0.2) is 8.42 Å². The minimum Gasteiger partial charge on any atom is -0.284 e. The lowest BCUT2D eigenvalue weighted by Gasteiger charge is -2.12. The van der Waals surface area contributed by atoms with Gasteiger partial charge in [-0.2, -0.15) is 0 Å². The molecule has 0 radical (unpaired) electrons. The lowest BCUT2D eigenvalue weighted by atomic mass is 10.3. The summed E-state index contributed by atoms with van der Waals surface area (Å²) in [5.74, 6) is 0. The summed E-state index contributed by atoms with van der Waals surface area (Å²) < 4.78 is 25.5. The van der Waals surface area contributed by atoms with E-state index >= 15 is 0 Å². The quantitative estimate of drug-likeness (QED) is 0.799. The van der Waals surface area contributed by atoms with Gasteiger partial charge >= 0.3 is 0 Å². The highest BCUT2D eigenvalue weighted by Crippen LogP contribution is 2.28. The van der Waals surface area contributed by atoms with E-state index < -0.39 is 10.0 Å². The second kappa shape index (κ2) is 3.86. The number of rotatable bonds is 2. The molecular formula is C9H13NO3S2. The summed E-state index contributed by atoms with van der Waals surface area (Å²) in [5, 5.41) is 0. The normalized spacial score (nSPS) is 18.5. The van der Waals surface area contributed by atoms with Crippen molar-refractivity contribution in [1.82, 2.24) is 4.47 Å². The molecule has 1 aromatic rings. The molecule has 0 spiro atoms. The smallest absolute Gasteiger partial charge is 0.274 e. The van der Waals surface area contributed by atoms with E-state index in [4.69, 9.17) is 4.84 Å². The maximum Gasteiger partial charge on any atom is 0.274 e. The fourth-order valence-electron chi connectivity index (χ4n) is 1.38. The third-order valence-corrected chi connectivity index (χ3v) is 5.67. The van der Waals surface area contributed by atoms with E-state index in [1.165, 1.54) is 11.3 Å². The maximum atomic E-state index is 12.0. The maximum absolute atomic E-state index is 12.0. The summed E-state index contributed by atoms with van der Waals surface area (Å²) in [6, 6.07) is 1.71. The van der Waals surface area contributed by atoms with Crippen molar-refractivity contribution >= 4 is 21.4 Å². The molecule has 2 rings (SSSR count). The van der Waals surface area contributed by atoms with Gasteiger partial charge in [-0.1, -0.05) is 4.47 Å². The molecule has 0 aliphatic carbocycles. The van der Waals surface area contributed by atoms with Crippen molar-refractivity contribution in [2.75, 3.05) is 13.2 Å². The minimum atomic E-state index is -3.41. The Balaban J connectivity index is 2.36. The van der Waals surface area contributed by atoms with Crippen LogP contribution in [0.5, 0.6) is 0 Å². The molecule has 1 fully saturated rings. The molecule has 0 saturated carbocycles. The molecule has 1 aliphatic heterocycles. The molecule has 1 saturated heterocycles. The molecule has 1 aliphatic rings. The Kier molecular flexibility index (Phi) is 2.85. The van der Waals surface area contributed by atoms with Gasteiger partial charge in [0.2, 0.25) is 0 Å². The SMILES string of the molecule is Cc1cc(S(=O)(=O)N2CCCO2)sc1C. The van der Waals surface area contributed by atoms with Crippen LogP contribution in [0.1, 0.15) is 16.9 Å². The number of sulfonamides is 1. The highest BCUT2D eigenvalue weighted by atomic mass is 32.2. The first kappa shape index (κ1) is 11.1. The van der Waals surface area contributed by atoms with E-state index in [1.807, 2.05) is 13.8 Å². The third-order valence-electron chi connectivity index (χ3n) is 2.39. The van der Waals surface area contributed by atoms with Crippen LogP contribution in [-0.2, 0) is 14.9 Å². The van der Waals surface area contributed by atoms with E-state index in [2.05, 4.69) is 0 Å². The molecule has 4 nitrogen and oxygen atoms in total. The van der Waals surface area contributed by atoms with Gasteiger partial charge in [0.1, 0.15) is 4.21 Å². The average Bonchev–Trinajstić information content (AvgIpc) is 2.77. The zero-order valence-corrected chi connectivity index (χ0v) is 10.3. The highest BCUT2D eigenvalue weighted by Gasteiger charge is 2.30. The topological polar surface area (TPSA) is 46.6 Å². The molecule has 1 aromatic heterocycles. The van der Waals surface area contributed by atoms with Crippen LogP contribution in [0.4, 0.5) is 0 Å². The molecule has 2 heterocycles. The summed E-state index contributed by atoms with van der Waals surface area (Å²) in [7, 11) is -3.41. The first-order chi connectivity index (χ1) is 7.01. The minimum absolute atomic E-state index is 0.374. The van der Waals surface area contributed by atoms with Crippen LogP contribution in [-0.4, -0.2) is 26.0 Å². The first-order valence-corrected chi connectivity index (χ1v) is 7.00. The molecule has 0 N–H and O–H groups in total. The van der Waals surface area contributed by atoms with Crippen molar-refractivity contribution in [3.05, 3.63) is 16.5 Å². The summed E-state index contributed by atoms with van der Waals surface area (Å²) in [6.07, 6.45) is 0.766. The van der Waals surface area contributed by atoms with Crippen molar-refractivity contribution in [2.24, 2.45) is 0 Å². The average molecular weight is 247 g/mol. The van der Waals surface area contributed by atoms with Crippen LogP contribution in [0.25, 0.3) is 0 Å². The molecule has 0 aromatic carbocycles. The highest BCUT2D eigenvalue weighted by molar-refractivity contribution is 7.91. The number of nitrogens with zero attached hydrogens (tertiary/aromatic N) is 1. The number of hydrogen-bond donors (Lipinski definition) is 0. The van der Waals surface area contributed by atoms with Gasteiger partial charge in [-0.3, -0.25) is 4.84 Å². The van der Waals surface area contributed by atoms with Crippen LogP contribution in [0.2, 0.25) is 0 Å². The van der Waals surface area contributed by atoms with Crippen LogP contribution < -0.4 is 0 Å². The van der Waals surface area contributed by atoms with E-state index in [-0.39, 0.29) is 0 Å². The van der Waals surface area contributed by atoms with Crippen LogP contribution in [0, 0.1) is 13.8 Å². The van der Waals surface area contributed by atoms with Crippen molar-refractivity contribution in [3.8, 4) is 0 Å². The predicted molar refractivity (Wildman–Crippen MR) is 58.3 cm³/mol. The zero-order valence-electron chi connectivity index (χ0n) is 8.69. The van der Waals surface area contributed by atoms with Crippen LogP contribution in [0.15, 0.2) is 10.3 Å². The Labute approximate surface area is 93.5 Å². The summed E-state index contributed by atoms with van der Waals surface area (Å²) in [4.78, 5) is 6.11. The van der Waals surface area contributed by atoms with E-state index in [0.717, 1.165) is 21.3 Å². The summed E-state index contributed by atoms with van der Waals surface area (Å²) in [5.41, 5.74) is 1.01. The van der Waals surface area contributed by atoms with Crippen molar-refractivity contribution in [2.45, 2.75) is 24.5 Å². The van der Waals surface area contributed by atoms with E-state index in [0.29, 0.717) is 17.4 Å². The second-order valence-electron chi connectivity index (χ2n) is 3.52. The Morgan fingerprint density at radius 3 is 2.67 bits per heavy atom. The van der Waals surface area contributed by atoms with E-state index in [1.54, 1.807) is 6.07 Å². The number of hydrogen-bond acceptors (Lipinski definition) is 4. The fraction of sp³-hybridized carbons (Fsp3) is 0.556. The van der Waals surface area contributed by atoms with Gasteiger partial charge in [-0.15, -0.1) is 11.3 Å². The van der Waals surface area contributed by atoms with E-state index in [9.17, 15) is 8.42 Å². The van der Waals surface area contributed by atoms with Crippen molar-refractivity contribution < 1.29 is 13.3 Å². The Bertz CT molecular complexity index is 438. The fourth-order valence-corrected chi connectivity index (χ4v) is 4.29. The first-order valence-electron chi connectivity index (χ1n) is 4.74. The molecule has 0 unspecified atom stereocenters. The van der Waals surface area contributed by atoms with Crippen LogP contribution in [0.3, 0.4) is 0 Å². The molecule has 84 valence electrons. The summed E-state index contributed by atoms with van der Waals surface area (Å²) >= 11 is 1.30. The van der Waals surface area contributed by atoms with Crippen molar-refractivity contribution in [1.29, 1.82) is 0 Å².